The summed E-state index contributed by atoms with van der Waals surface area (Å²) in [4.78, 5) is 38.2. The monoisotopic (exact) mass is 989 g/mol. The van der Waals surface area contributed by atoms with Gasteiger partial charge < -0.3 is 14.2 Å². The van der Waals surface area contributed by atoms with Crippen molar-refractivity contribution in [2.75, 3.05) is 13.2 Å². The number of allylic oxidation sites excluding steroid dienone is 14. The molecule has 0 aliphatic rings. The number of carbonyl (C=O) groups is 3. The van der Waals surface area contributed by atoms with E-state index >= 15 is 0 Å². The first kappa shape index (κ1) is 67.6. The van der Waals surface area contributed by atoms with Gasteiger partial charge in [-0.1, -0.05) is 260 Å². The van der Waals surface area contributed by atoms with Gasteiger partial charge in [0.05, 0.1) is 0 Å². The zero-order valence-corrected chi connectivity index (χ0v) is 46.7. The lowest BCUT2D eigenvalue weighted by Crippen LogP contribution is -2.30. The molecule has 1 atom stereocenters. The van der Waals surface area contributed by atoms with Crippen molar-refractivity contribution in [3.05, 3.63) is 85.1 Å². The van der Waals surface area contributed by atoms with Crippen LogP contribution in [0.5, 0.6) is 0 Å². The van der Waals surface area contributed by atoms with E-state index in [9.17, 15) is 14.4 Å². The highest BCUT2D eigenvalue weighted by Gasteiger charge is 2.19. The maximum Gasteiger partial charge on any atom is 0.306 e. The summed E-state index contributed by atoms with van der Waals surface area (Å²) < 4.78 is 16.9. The lowest BCUT2D eigenvalue weighted by atomic mass is 10.0. The number of hydrogen-bond donors (Lipinski definition) is 0. The second kappa shape index (κ2) is 59.2. The molecule has 71 heavy (non-hydrogen) atoms. The highest BCUT2D eigenvalue weighted by atomic mass is 16.6. The number of esters is 3. The molecule has 0 bridgehead atoms. The molecule has 0 aromatic rings. The van der Waals surface area contributed by atoms with Gasteiger partial charge in [0.25, 0.3) is 0 Å². The largest absolute Gasteiger partial charge is 0.462 e. The van der Waals surface area contributed by atoms with Gasteiger partial charge in [-0.3, -0.25) is 14.4 Å². The Morgan fingerprint density at radius 3 is 0.901 bits per heavy atom. The molecule has 0 fully saturated rings. The first-order valence-corrected chi connectivity index (χ1v) is 30.1. The van der Waals surface area contributed by atoms with E-state index in [-0.39, 0.29) is 31.1 Å². The highest BCUT2D eigenvalue weighted by Crippen LogP contribution is 2.16. The van der Waals surface area contributed by atoms with Crippen molar-refractivity contribution < 1.29 is 28.6 Å². The molecular formula is C65H112O6. The SMILES string of the molecule is CC/C=C\C/C=C\C/C=C\C/C=C\C/C=C\CCCCCC(=O)OC[C@@H](COC(=O)CCCCCCC/C=C\C/C=C\CCCCC)OC(=O)CCCCCCCCCCCCCCCCCCCCC. The van der Waals surface area contributed by atoms with Crippen LogP contribution < -0.4 is 0 Å². The van der Waals surface area contributed by atoms with Crippen LogP contribution in [-0.2, 0) is 28.6 Å². The molecule has 0 spiro atoms. The summed E-state index contributed by atoms with van der Waals surface area (Å²) >= 11 is 0. The maximum absolute atomic E-state index is 12.9. The van der Waals surface area contributed by atoms with E-state index in [0.29, 0.717) is 19.3 Å². The van der Waals surface area contributed by atoms with Crippen molar-refractivity contribution in [1.29, 1.82) is 0 Å². The van der Waals surface area contributed by atoms with Crippen molar-refractivity contribution in [3.63, 3.8) is 0 Å². The number of hydrogen-bond acceptors (Lipinski definition) is 6. The number of ether oxygens (including phenoxy) is 3. The van der Waals surface area contributed by atoms with Gasteiger partial charge in [0.15, 0.2) is 6.10 Å². The average molecular weight is 990 g/mol. The van der Waals surface area contributed by atoms with Gasteiger partial charge in [0.1, 0.15) is 13.2 Å². The quantitative estimate of drug-likeness (QED) is 0.0261. The van der Waals surface area contributed by atoms with Gasteiger partial charge in [-0.2, -0.15) is 0 Å². The van der Waals surface area contributed by atoms with Crippen LogP contribution in [-0.4, -0.2) is 37.2 Å². The van der Waals surface area contributed by atoms with Crippen molar-refractivity contribution in [1.82, 2.24) is 0 Å². The second-order valence-electron chi connectivity index (χ2n) is 19.9. The second-order valence-corrected chi connectivity index (χ2v) is 19.9. The molecule has 6 heteroatoms. The molecule has 408 valence electrons. The molecule has 0 saturated carbocycles. The summed E-state index contributed by atoms with van der Waals surface area (Å²) in [6.07, 6.45) is 77.2. The highest BCUT2D eigenvalue weighted by molar-refractivity contribution is 5.71. The van der Waals surface area contributed by atoms with Crippen LogP contribution in [0, 0.1) is 0 Å². The fraction of sp³-hybridized carbons (Fsp3) is 0.738. The Labute approximate surface area is 439 Å². The molecule has 6 nitrogen and oxygen atoms in total. The smallest absolute Gasteiger partial charge is 0.306 e. The number of rotatable bonds is 54. The van der Waals surface area contributed by atoms with Crippen LogP contribution in [0.25, 0.3) is 0 Å². The minimum atomic E-state index is -0.796. The van der Waals surface area contributed by atoms with Crippen LogP contribution >= 0.6 is 0 Å². The minimum absolute atomic E-state index is 0.0927. The molecule has 0 aliphatic carbocycles. The summed E-state index contributed by atoms with van der Waals surface area (Å²) in [5.74, 6) is -0.927. The van der Waals surface area contributed by atoms with Gasteiger partial charge in [-0.15, -0.1) is 0 Å². The fourth-order valence-corrected chi connectivity index (χ4v) is 8.38. The van der Waals surface area contributed by atoms with Crippen molar-refractivity contribution >= 4 is 17.9 Å². The summed E-state index contributed by atoms with van der Waals surface area (Å²) in [5.41, 5.74) is 0. The third kappa shape index (κ3) is 57.4. The molecule has 0 radical (unpaired) electrons. The summed E-state index contributed by atoms with van der Waals surface area (Å²) in [6.45, 7) is 6.49. The first-order valence-electron chi connectivity index (χ1n) is 30.1. The predicted octanol–water partition coefficient (Wildman–Crippen LogP) is 20.3. The number of carbonyl (C=O) groups excluding carboxylic acids is 3. The van der Waals surface area contributed by atoms with E-state index in [1.807, 2.05) is 0 Å². The van der Waals surface area contributed by atoms with Crippen LogP contribution in [0.2, 0.25) is 0 Å². The van der Waals surface area contributed by atoms with E-state index < -0.39 is 6.10 Å². The maximum atomic E-state index is 12.9. The molecule has 0 amide bonds. The van der Waals surface area contributed by atoms with Gasteiger partial charge in [-0.25, -0.2) is 0 Å². The standard InChI is InChI=1S/C65H112O6/c1-4-7-10-13-16-19-22-25-28-30-32-34-37-40-43-46-49-52-55-58-64(67)70-61-62(60-69-63(66)57-54-51-48-45-42-39-36-27-24-21-18-15-12-9-6-3)71-65(68)59-56-53-50-47-44-41-38-35-33-31-29-26-23-20-17-14-11-8-5-2/h7,10,16,18-19,21,25,27-28,32,34,36,40,43,62H,4-6,8-9,11-15,17,20,22-24,26,29-31,33,35,37-39,41-42,44-61H2,1-3H3/b10-7-,19-16-,21-18-,28-25-,34-32-,36-27-,43-40-/t62-/m1/s1. The predicted molar refractivity (Wildman–Crippen MR) is 307 cm³/mol. The molecule has 0 aromatic heterocycles. The third-order valence-electron chi connectivity index (χ3n) is 12.9. The van der Waals surface area contributed by atoms with Crippen molar-refractivity contribution in [3.8, 4) is 0 Å². The summed E-state index contributed by atoms with van der Waals surface area (Å²) in [7, 11) is 0. The molecule has 0 unspecified atom stereocenters. The molecule has 0 rings (SSSR count). The molecule has 0 N–H and O–H groups in total. The van der Waals surface area contributed by atoms with Gasteiger partial charge in [-0.05, 0) is 96.3 Å². The van der Waals surface area contributed by atoms with Gasteiger partial charge in [0.2, 0.25) is 0 Å². The zero-order chi connectivity index (χ0) is 51.4. The van der Waals surface area contributed by atoms with E-state index in [4.69, 9.17) is 14.2 Å². The lowest BCUT2D eigenvalue weighted by molar-refractivity contribution is -0.167. The van der Waals surface area contributed by atoms with Crippen molar-refractivity contribution in [2.45, 2.75) is 297 Å². The first-order chi connectivity index (χ1) is 35.0. The molecule has 0 heterocycles. The molecular weight excluding hydrogens is 877 g/mol. The molecule has 0 aromatic carbocycles. The zero-order valence-electron chi connectivity index (χ0n) is 46.7. The Balaban J connectivity index is 4.44. The molecule has 0 saturated heterocycles. The Hall–Kier alpha value is -3.41. The normalized spacial score (nSPS) is 12.7. The topological polar surface area (TPSA) is 78.9 Å². The fourth-order valence-electron chi connectivity index (χ4n) is 8.38. The molecule has 0 aliphatic heterocycles. The third-order valence-corrected chi connectivity index (χ3v) is 12.9. The summed E-state index contributed by atoms with van der Waals surface area (Å²) in [5, 5.41) is 0. The van der Waals surface area contributed by atoms with Gasteiger partial charge in [0, 0.05) is 19.3 Å². The van der Waals surface area contributed by atoms with E-state index in [0.717, 1.165) is 122 Å². The van der Waals surface area contributed by atoms with Crippen LogP contribution in [0.3, 0.4) is 0 Å². The van der Waals surface area contributed by atoms with E-state index in [1.54, 1.807) is 0 Å². The van der Waals surface area contributed by atoms with Crippen molar-refractivity contribution in [2.24, 2.45) is 0 Å². The van der Waals surface area contributed by atoms with E-state index in [1.165, 1.54) is 128 Å². The van der Waals surface area contributed by atoms with Gasteiger partial charge >= 0.3 is 17.9 Å². The summed E-state index contributed by atoms with van der Waals surface area (Å²) in [6, 6.07) is 0. The Bertz CT molecular complexity index is 1370. The van der Waals surface area contributed by atoms with Crippen LogP contribution in [0.15, 0.2) is 85.1 Å². The number of unbranched alkanes of at least 4 members (excludes halogenated alkanes) is 29. The van der Waals surface area contributed by atoms with Crippen LogP contribution in [0.4, 0.5) is 0 Å². The van der Waals surface area contributed by atoms with E-state index in [2.05, 4.69) is 106 Å². The van der Waals surface area contributed by atoms with Crippen LogP contribution in [0.1, 0.15) is 290 Å². The lowest BCUT2D eigenvalue weighted by Gasteiger charge is -2.18. The average Bonchev–Trinajstić information content (AvgIpc) is 3.37. The Morgan fingerprint density at radius 1 is 0.296 bits per heavy atom. The minimum Gasteiger partial charge on any atom is -0.462 e. The Morgan fingerprint density at radius 2 is 0.549 bits per heavy atom. The Kier molecular flexibility index (Phi) is 56.3.